The summed E-state index contributed by atoms with van der Waals surface area (Å²) in [5.41, 5.74) is -1.24. The first-order chi connectivity index (χ1) is 7.66. The number of nitrogens with zero attached hydrogens (tertiary/aromatic N) is 3. The molecule has 0 aromatic carbocycles. The maximum atomic E-state index is 11.3. The van der Waals surface area contributed by atoms with Crippen molar-refractivity contribution in [3.8, 4) is 0 Å². The van der Waals surface area contributed by atoms with Crippen LogP contribution >= 0.6 is 0 Å². The molecule has 4 N–H and O–H groups in total. The molecule has 1 atom stereocenters. The van der Waals surface area contributed by atoms with Gasteiger partial charge in [-0.15, -0.1) is 5.10 Å². The molecule has 2 heterocycles. The lowest BCUT2D eigenvalue weighted by atomic mass is 10.3. The lowest BCUT2D eigenvalue weighted by Crippen LogP contribution is -2.27. The van der Waals surface area contributed by atoms with E-state index in [9.17, 15) is 9.59 Å². The molecule has 9 nitrogen and oxygen atoms in total. The molecule has 16 heavy (non-hydrogen) atoms. The van der Waals surface area contributed by atoms with E-state index in [-0.39, 0.29) is 11.9 Å². The van der Waals surface area contributed by atoms with E-state index in [0.717, 1.165) is 0 Å². The predicted octanol–water partition coefficient (Wildman–Crippen LogP) is -1.25. The van der Waals surface area contributed by atoms with E-state index in [1.54, 1.807) is 6.92 Å². The van der Waals surface area contributed by atoms with Gasteiger partial charge in [0.1, 0.15) is 12.2 Å². The summed E-state index contributed by atoms with van der Waals surface area (Å²) in [7, 11) is 0. The van der Waals surface area contributed by atoms with Gasteiger partial charge in [-0.05, 0) is 6.92 Å². The van der Waals surface area contributed by atoms with Gasteiger partial charge >= 0.3 is 5.69 Å². The van der Waals surface area contributed by atoms with E-state index in [1.165, 1.54) is 6.33 Å². The summed E-state index contributed by atoms with van der Waals surface area (Å²) in [6.45, 7) is 1.77. The molecule has 9 heteroatoms. The van der Waals surface area contributed by atoms with Crippen LogP contribution in [0, 0.1) is 0 Å². The van der Waals surface area contributed by atoms with Crippen LogP contribution in [0.15, 0.2) is 15.9 Å². The van der Waals surface area contributed by atoms with Gasteiger partial charge in [-0.1, -0.05) is 0 Å². The van der Waals surface area contributed by atoms with Crippen molar-refractivity contribution in [2.24, 2.45) is 0 Å². The summed E-state index contributed by atoms with van der Waals surface area (Å²) >= 11 is 0. The van der Waals surface area contributed by atoms with E-state index in [4.69, 9.17) is 0 Å². The van der Waals surface area contributed by atoms with Crippen molar-refractivity contribution in [2.45, 2.75) is 13.0 Å². The molecule has 0 aliphatic carbocycles. The van der Waals surface area contributed by atoms with Crippen molar-refractivity contribution in [3.05, 3.63) is 33.0 Å². The van der Waals surface area contributed by atoms with Gasteiger partial charge in [0.25, 0.3) is 5.56 Å². The quantitative estimate of drug-likeness (QED) is 0.514. The molecule has 84 valence electrons. The smallest absolute Gasteiger partial charge is 0.342 e. The van der Waals surface area contributed by atoms with E-state index in [1.807, 2.05) is 0 Å². The molecule has 0 amide bonds. The number of aromatic nitrogens is 6. The summed E-state index contributed by atoms with van der Waals surface area (Å²) in [5, 5.41) is 14.8. The highest BCUT2D eigenvalue weighted by Gasteiger charge is 2.11. The van der Waals surface area contributed by atoms with Crippen LogP contribution in [0.25, 0.3) is 0 Å². The molecule has 2 aromatic heterocycles. The second kappa shape index (κ2) is 3.96. The van der Waals surface area contributed by atoms with E-state index >= 15 is 0 Å². The lowest BCUT2D eigenvalue weighted by molar-refractivity contribution is 0.772. The molecule has 0 spiro atoms. The van der Waals surface area contributed by atoms with Crippen LogP contribution in [-0.4, -0.2) is 30.4 Å². The molecule has 0 fully saturated rings. The van der Waals surface area contributed by atoms with Gasteiger partial charge in [0.2, 0.25) is 5.82 Å². The number of aromatic amines is 3. The van der Waals surface area contributed by atoms with Gasteiger partial charge in [-0.3, -0.25) is 14.9 Å². The first-order valence-corrected chi connectivity index (χ1v) is 4.47. The first kappa shape index (κ1) is 10.1. The van der Waals surface area contributed by atoms with Crippen molar-refractivity contribution < 1.29 is 0 Å². The molecular formula is C7H9N7O2. The topological polar surface area (TPSA) is 132 Å². The Morgan fingerprint density at radius 2 is 2.19 bits per heavy atom. The Hall–Kier alpha value is -2.45. The van der Waals surface area contributed by atoms with Gasteiger partial charge in [0.05, 0.1) is 6.04 Å². The number of anilines is 1. The molecule has 2 rings (SSSR count). The molecule has 0 bridgehead atoms. The van der Waals surface area contributed by atoms with Gasteiger partial charge in [-0.2, -0.15) is 5.10 Å². The third-order valence-electron chi connectivity index (χ3n) is 1.91. The highest BCUT2D eigenvalue weighted by molar-refractivity contribution is 5.31. The van der Waals surface area contributed by atoms with Crippen molar-refractivity contribution >= 4 is 5.82 Å². The summed E-state index contributed by atoms with van der Waals surface area (Å²) < 4.78 is 0. The normalized spacial score (nSPS) is 12.3. The highest BCUT2D eigenvalue weighted by atomic mass is 16.2. The molecule has 0 radical (unpaired) electrons. The van der Waals surface area contributed by atoms with Gasteiger partial charge in [0, 0.05) is 0 Å². The third-order valence-corrected chi connectivity index (χ3v) is 1.91. The minimum absolute atomic E-state index is 0.0171. The highest BCUT2D eigenvalue weighted by Crippen LogP contribution is 2.08. The standard InChI is InChI=1S/C7H9N7O2/c1-3(4-8-2-9-12-4)10-5-6(15)11-7(16)14-13-5/h2-3H,1H3,(H,10,13)(H,8,9,12)(H2,11,14,15,16). The van der Waals surface area contributed by atoms with Crippen LogP contribution in [0.1, 0.15) is 18.8 Å². The Morgan fingerprint density at radius 3 is 2.81 bits per heavy atom. The summed E-state index contributed by atoms with van der Waals surface area (Å²) in [6.07, 6.45) is 1.36. The number of nitrogens with one attached hydrogen (secondary N) is 4. The Labute approximate surface area is 88.3 Å². The van der Waals surface area contributed by atoms with Crippen LogP contribution in [0.4, 0.5) is 5.82 Å². The van der Waals surface area contributed by atoms with Gasteiger partial charge < -0.3 is 5.32 Å². The second-order valence-electron chi connectivity index (χ2n) is 3.09. The zero-order chi connectivity index (χ0) is 11.5. The Bertz CT molecular complexity index is 569. The number of rotatable bonds is 3. The fourth-order valence-corrected chi connectivity index (χ4v) is 1.14. The minimum atomic E-state index is -0.650. The van der Waals surface area contributed by atoms with Crippen LogP contribution in [0.5, 0.6) is 0 Å². The Morgan fingerprint density at radius 1 is 1.38 bits per heavy atom. The van der Waals surface area contributed by atoms with Crippen LogP contribution in [-0.2, 0) is 0 Å². The van der Waals surface area contributed by atoms with Crippen molar-refractivity contribution in [1.82, 2.24) is 30.4 Å². The summed E-state index contributed by atoms with van der Waals surface area (Å²) in [6, 6.07) is -0.276. The zero-order valence-electron chi connectivity index (χ0n) is 8.31. The molecular weight excluding hydrogens is 214 g/mol. The summed E-state index contributed by atoms with van der Waals surface area (Å²) in [5.74, 6) is 0.580. The maximum Gasteiger partial charge on any atom is 0.342 e. The lowest BCUT2D eigenvalue weighted by Gasteiger charge is -2.09. The number of hydrogen-bond donors (Lipinski definition) is 4. The van der Waals surface area contributed by atoms with Crippen molar-refractivity contribution in [3.63, 3.8) is 0 Å². The van der Waals surface area contributed by atoms with Crippen molar-refractivity contribution in [2.75, 3.05) is 5.32 Å². The Kier molecular flexibility index (Phi) is 2.50. The number of H-pyrrole nitrogens is 3. The van der Waals surface area contributed by atoms with Gasteiger partial charge in [0.15, 0.2) is 0 Å². The molecule has 0 aliphatic rings. The van der Waals surface area contributed by atoms with Crippen molar-refractivity contribution in [1.29, 1.82) is 0 Å². The van der Waals surface area contributed by atoms with Crippen LogP contribution in [0.2, 0.25) is 0 Å². The fourth-order valence-electron chi connectivity index (χ4n) is 1.14. The molecule has 0 saturated carbocycles. The predicted molar refractivity (Wildman–Crippen MR) is 53.9 cm³/mol. The maximum absolute atomic E-state index is 11.3. The van der Waals surface area contributed by atoms with Gasteiger partial charge in [-0.25, -0.2) is 14.9 Å². The van der Waals surface area contributed by atoms with E-state index in [0.29, 0.717) is 5.82 Å². The average molecular weight is 223 g/mol. The Balaban J connectivity index is 2.21. The minimum Gasteiger partial charge on any atom is -0.354 e. The molecule has 0 saturated heterocycles. The van der Waals surface area contributed by atoms with Crippen LogP contribution in [0.3, 0.4) is 0 Å². The zero-order valence-corrected chi connectivity index (χ0v) is 8.31. The van der Waals surface area contributed by atoms with E-state index < -0.39 is 11.2 Å². The van der Waals surface area contributed by atoms with E-state index in [2.05, 4.69) is 35.7 Å². The molecule has 2 aromatic rings. The second-order valence-corrected chi connectivity index (χ2v) is 3.09. The summed E-state index contributed by atoms with van der Waals surface area (Å²) in [4.78, 5) is 28.0. The molecule has 0 aliphatic heterocycles. The monoisotopic (exact) mass is 223 g/mol. The van der Waals surface area contributed by atoms with Crippen LogP contribution < -0.4 is 16.6 Å². The fraction of sp³-hybridized carbons (Fsp3) is 0.286. The largest absolute Gasteiger partial charge is 0.354 e. The SMILES string of the molecule is CC(Nc1n[nH]c(=O)[nH]c1=O)c1ncn[nH]1. The number of hydrogen-bond acceptors (Lipinski definition) is 6. The third kappa shape index (κ3) is 1.97. The molecule has 1 unspecified atom stereocenters. The first-order valence-electron chi connectivity index (χ1n) is 4.47. The average Bonchev–Trinajstić information content (AvgIpc) is 2.75.